The Morgan fingerprint density at radius 1 is 1.53 bits per heavy atom. The predicted octanol–water partition coefficient (Wildman–Crippen LogP) is 1.50. The molecule has 19 heavy (non-hydrogen) atoms. The number of anilines is 1. The van der Waals surface area contributed by atoms with E-state index in [2.05, 4.69) is 17.2 Å². The van der Waals surface area contributed by atoms with E-state index in [9.17, 15) is 9.18 Å². The summed E-state index contributed by atoms with van der Waals surface area (Å²) >= 11 is 0. The predicted molar refractivity (Wildman–Crippen MR) is 72.1 cm³/mol. The van der Waals surface area contributed by atoms with Crippen molar-refractivity contribution in [2.24, 2.45) is 5.73 Å². The molecule has 0 heterocycles. The number of halogens is 1. The second kappa shape index (κ2) is 8.25. The minimum Gasteiger partial charge on any atom is -0.381 e. The van der Waals surface area contributed by atoms with E-state index in [1.165, 1.54) is 18.2 Å². The third kappa shape index (κ3) is 5.51. The summed E-state index contributed by atoms with van der Waals surface area (Å²) in [5.41, 5.74) is 6.16. The van der Waals surface area contributed by atoms with E-state index in [0.717, 1.165) is 0 Å². The van der Waals surface area contributed by atoms with Gasteiger partial charge in [-0.2, -0.15) is 0 Å². The van der Waals surface area contributed by atoms with Crippen LogP contribution < -0.4 is 11.1 Å². The van der Waals surface area contributed by atoms with Crippen LogP contribution in [0.25, 0.3) is 0 Å². The van der Waals surface area contributed by atoms with Gasteiger partial charge in [0.25, 0.3) is 0 Å². The molecule has 0 bridgehead atoms. The molecule has 4 nitrogen and oxygen atoms in total. The number of nitrogens with two attached hydrogens (primary N) is 1. The molecule has 1 aromatic carbocycles. The van der Waals surface area contributed by atoms with Gasteiger partial charge in [-0.1, -0.05) is 11.8 Å². The Labute approximate surface area is 112 Å². The Morgan fingerprint density at radius 3 is 3.00 bits per heavy atom. The molecular formula is C14H17FN2O2. The van der Waals surface area contributed by atoms with Gasteiger partial charge in [0.15, 0.2) is 0 Å². The zero-order valence-electron chi connectivity index (χ0n) is 10.8. The topological polar surface area (TPSA) is 64.3 Å². The van der Waals surface area contributed by atoms with E-state index < -0.39 is 5.82 Å². The van der Waals surface area contributed by atoms with Crippen LogP contribution in [0.2, 0.25) is 0 Å². The van der Waals surface area contributed by atoms with E-state index in [1.807, 2.05) is 6.92 Å². The second-order valence-electron chi connectivity index (χ2n) is 3.69. The first-order valence-electron chi connectivity index (χ1n) is 6.03. The Balaban J connectivity index is 2.74. The SMILES string of the molecule is CCOCCC(=O)Nc1ccc(F)cc1C#CCN. The van der Waals surface area contributed by atoms with Crippen LogP contribution in [-0.2, 0) is 9.53 Å². The number of carbonyl (C=O) groups excluding carboxylic acids is 1. The maximum atomic E-state index is 13.1. The highest BCUT2D eigenvalue weighted by Crippen LogP contribution is 2.16. The van der Waals surface area contributed by atoms with Crippen molar-refractivity contribution in [3.05, 3.63) is 29.6 Å². The lowest BCUT2D eigenvalue weighted by Gasteiger charge is -2.07. The van der Waals surface area contributed by atoms with Crippen LogP contribution in [0.3, 0.4) is 0 Å². The van der Waals surface area contributed by atoms with Crippen LogP contribution >= 0.6 is 0 Å². The summed E-state index contributed by atoms with van der Waals surface area (Å²) in [7, 11) is 0. The van der Waals surface area contributed by atoms with Crippen molar-refractivity contribution in [2.45, 2.75) is 13.3 Å². The highest BCUT2D eigenvalue weighted by atomic mass is 19.1. The number of rotatable bonds is 5. The molecule has 1 rings (SSSR count). The molecule has 0 aliphatic carbocycles. The molecule has 1 aromatic rings. The molecule has 0 aliphatic heterocycles. The van der Waals surface area contributed by atoms with Crippen LogP contribution in [0.5, 0.6) is 0 Å². The highest BCUT2D eigenvalue weighted by Gasteiger charge is 2.06. The van der Waals surface area contributed by atoms with E-state index in [1.54, 1.807) is 0 Å². The van der Waals surface area contributed by atoms with E-state index >= 15 is 0 Å². The molecule has 0 saturated carbocycles. The van der Waals surface area contributed by atoms with Gasteiger partial charge in [-0.25, -0.2) is 4.39 Å². The van der Waals surface area contributed by atoms with Gasteiger partial charge in [-0.3, -0.25) is 4.79 Å². The van der Waals surface area contributed by atoms with Crippen molar-refractivity contribution in [1.29, 1.82) is 0 Å². The minimum absolute atomic E-state index is 0.175. The molecule has 1 amide bonds. The van der Waals surface area contributed by atoms with Crippen molar-refractivity contribution in [3.8, 4) is 11.8 Å². The van der Waals surface area contributed by atoms with Crippen molar-refractivity contribution in [2.75, 3.05) is 25.1 Å². The lowest BCUT2D eigenvalue weighted by Crippen LogP contribution is -2.15. The largest absolute Gasteiger partial charge is 0.381 e. The van der Waals surface area contributed by atoms with Gasteiger partial charge in [0, 0.05) is 6.61 Å². The lowest BCUT2D eigenvalue weighted by atomic mass is 10.1. The molecule has 0 atom stereocenters. The molecule has 0 aromatic heterocycles. The van der Waals surface area contributed by atoms with Crippen molar-refractivity contribution in [1.82, 2.24) is 0 Å². The number of carbonyl (C=O) groups is 1. The monoisotopic (exact) mass is 264 g/mol. The molecule has 0 fully saturated rings. The standard InChI is InChI=1S/C14H17FN2O2/c1-2-19-9-7-14(18)17-13-6-5-12(15)10-11(13)4-3-8-16/h5-6,10H,2,7-9,16H2,1H3,(H,17,18). The maximum Gasteiger partial charge on any atom is 0.226 e. The Hall–Kier alpha value is -1.90. The first kappa shape index (κ1) is 15.2. The van der Waals surface area contributed by atoms with Gasteiger partial charge < -0.3 is 15.8 Å². The first-order chi connectivity index (χ1) is 9.17. The number of hydrogen-bond acceptors (Lipinski definition) is 3. The van der Waals surface area contributed by atoms with Gasteiger partial charge in [-0.15, -0.1) is 0 Å². The number of amides is 1. The Bertz CT molecular complexity index is 492. The summed E-state index contributed by atoms with van der Waals surface area (Å²) in [6.45, 7) is 2.96. The zero-order chi connectivity index (χ0) is 14.1. The number of benzene rings is 1. The van der Waals surface area contributed by atoms with Crippen LogP contribution in [0, 0.1) is 17.7 Å². The average Bonchev–Trinajstić information content (AvgIpc) is 2.39. The van der Waals surface area contributed by atoms with Crippen molar-refractivity contribution >= 4 is 11.6 Å². The minimum atomic E-state index is -0.409. The van der Waals surface area contributed by atoms with E-state index in [0.29, 0.717) is 24.5 Å². The van der Waals surface area contributed by atoms with Crippen molar-refractivity contribution in [3.63, 3.8) is 0 Å². The fourth-order valence-corrected chi connectivity index (χ4v) is 1.40. The summed E-state index contributed by atoms with van der Waals surface area (Å²) in [5.74, 6) is 4.75. The fourth-order valence-electron chi connectivity index (χ4n) is 1.40. The summed E-state index contributed by atoms with van der Waals surface area (Å²) in [6, 6.07) is 4.01. The van der Waals surface area contributed by atoms with Gasteiger partial charge in [0.1, 0.15) is 5.82 Å². The lowest BCUT2D eigenvalue weighted by molar-refractivity contribution is -0.117. The molecule has 0 saturated heterocycles. The van der Waals surface area contributed by atoms with Gasteiger partial charge in [-0.05, 0) is 25.1 Å². The van der Waals surface area contributed by atoms with Crippen LogP contribution in [0.1, 0.15) is 18.9 Å². The zero-order valence-corrected chi connectivity index (χ0v) is 10.8. The molecule has 0 radical (unpaired) electrons. The summed E-state index contributed by atoms with van der Waals surface area (Å²) < 4.78 is 18.2. The second-order valence-corrected chi connectivity index (χ2v) is 3.69. The fraction of sp³-hybridized carbons (Fsp3) is 0.357. The molecular weight excluding hydrogens is 247 g/mol. The van der Waals surface area contributed by atoms with Crippen LogP contribution in [0.15, 0.2) is 18.2 Å². The van der Waals surface area contributed by atoms with Gasteiger partial charge >= 0.3 is 0 Å². The van der Waals surface area contributed by atoms with E-state index in [4.69, 9.17) is 10.5 Å². The molecule has 5 heteroatoms. The molecule has 0 spiro atoms. The molecule has 0 unspecified atom stereocenters. The van der Waals surface area contributed by atoms with Crippen molar-refractivity contribution < 1.29 is 13.9 Å². The summed E-state index contributed by atoms with van der Waals surface area (Å²) in [4.78, 5) is 11.6. The normalized spacial score (nSPS) is 9.63. The quantitative estimate of drug-likeness (QED) is 0.625. The average molecular weight is 264 g/mol. The van der Waals surface area contributed by atoms with E-state index in [-0.39, 0.29) is 18.9 Å². The summed E-state index contributed by atoms with van der Waals surface area (Å²) in [5, 5.41) is 2.68. The van der Waals surface area contributed by atoms with Crippen LogP contribution in [0.4, 0.5) is 10.1 Å². The third-order valence-corrected chi connectivity index (χ3v) is 2.26. The highest BCUT2D eigenvalue weighted by molar-refractivity contribution is 5.92. The maximum absolute atomic E-state index is 13.1. The Kier molecular flexibility index (Phi) is 6.58. The molecule has 102 valence electrons. The van der Waals surface area contributed by atoms with Crippen LogP contribution in [-0.4, -0.2) is 25.7 Å². The van der Waals surface area contributed by atoms with Gasteiger partial charge in [0.05, 0.1) is 30.8 Å². The number of nitrogens with one attached hydrogen (secondary N) is 1. The third-order valence-electron chi connectivity index (χ3n) is 2.26. The number of ether oxygens (including phenoxy) is 1. The first-order valence-corrected chi connectivity index (χ1v) is 6.03. The molecule has 0 aliphatic rings. The Morgan fingerprint density at radius 2 is 2.32 bits per heavy atom. The number of hydrogen-bond donors (Lipinski definition) is 2. The van der Waals surface area contributed by atoms with Gasteiger partial charge in [0.2, 0.25) is 5.91 Å². The smallest absolute Gasteiger partial charge is 0.226 e. The summed E-state index contributed by atoms with van der Waals surface area (Å²) in [6.07, 6.45) is 0.245. The molecule has 3 N–H and O–H groups in total.